The van der Waals surface area contributed by atoms with Gasteiger partial charge in [-0.05, 0) is 51.0 Å². The third-order valence-electron chi connectivity index (χ3n) is 5.35. The Morgan fingerprint density at radius 2 is 1.89 bits per heavy atom. The van der Waals surface area contributed by atoms with Gasteiger partial charge in [-0.1, -0.05) is 12.8 Å². The molecular weight excluding hydrogens is 224 g/mol. The standard InChI is InChI=1S/C15H28N2O/c16-11-14(15-8-4-10-18-15)17-9-3-6-12-5-1-2-7-13(12)17/h12-15H,1-11,16H2. The molecule has 1 saturated carbocycles. The van der Waals surface area contributed by atoms with Gasteiger partial charge < -0.3 is 10.5 Å². The number of fused-ring (bicyclic) bond motifs is 1. The minimum atomic E-state index is 0.413. The van der Waals surface area contributed by atoms with Crippen molar-refractivity contribution in [2.75, 3.05) is 19.7 Å². The molecule has 3 aliphatic rings. The minimum Gasteiger partial charge on any atom is -0.377 e. The summed E-state index contributed by atoms with van der Waals surface area (Å²) in [6, 6.07) is 1.30. The summed E-state index contributed by atoms with van der Waals surface area (Å²) in [5, 5.41) is 0. The largest absolute Gasteiger partial charge is 0.377 e. The molecule has 2 N–H and O–H groups in total. The number of piperidine rings is 1. The van der Waals surface area contributed by atoms with Crippen molar-refractivity contribution < 1.29 is 4.74 Å². The predicted octanol–water partition coefficient (Wildman–Crippen LogP) is 2.15. The Bertz CT molecular complexity index is 263. The first-order valence-electron chi connectivity index (χ1n) is 7.97. The number of nitrogens with two attached hydrogens (primary N) is 1. The lowest BCUT2D eigenvalue weighted by molar-refractivity contribution is -0.0327. The van der Waals surface area contributed by atoms with E-state index in [4.69, 9.17) is 10.5 Å². The Morgan fingerprint density at radius 3 is 2.67 bits per heavy atom. The van der Waals surface area contributed by atoms with Gasteiger partial charge in [0.1, 0.15) is 0 Å². The van der Waals surface area contributed by atoms with E-state index >= 15 is 0 Å². The molecule has 0 aromatic rings. The van der Waals surface area contributed by atoms with E-state index in [-0.39, 0.29) is 0 Å². The van der Waals surface area contributed by atoms with Crippen LogP contribution in [0.5, 0.6) is 0 Å². The number of nitrogens with zero attached hydrogens (tertiary/aromatic N) is 1. The van der Waals surface area contributed by atoms with Crippen molar-refractivity contribution >= 4 is 0 Å². The molecule has 0 aromatic carbocycles. The fourth-order valence-corrected chi connectivity index (χ4v) is 4.48. The maximum absolute atomic E-state index is 6.08. The first-order chi connectivity index (χ1) is 8.90. The number of ether oxygens (including phenoxy) is 1. The van der Waals surface area contributed by atoms with E-state index in [1.165, 1.54) is 57.9 Å². The molecule has 0 radical (unpaired) electrons. The maximum atomic E-state index is 6.08. The highest BCUT2D eigenvalue weighted by atomic mass is 16.5. The Balaban J connectivity index is 1.71. The molecule has 2 saturated heterocycles. The normalized spacial score (nSPS) is 39.5. The molecule has 4 atom stereocenters. The molecule has 18 heavy (non-hydrogen) atoms. The first-order valence-corrected chi connectivity index (χ1v) is 7.97. The van der Waals surface area contributed by atoms with E-state index in [2.05, 4.69) is 4.90 Å². The summed E-state index contributed by atoms with van der Waals surface area (Å²) in [7, 11) is 0. The summed E-state index contributed by atoms with van der Waals surface area (Å²) in [5.74, 6) is 0.947. The van der Waals surface area contributed by atoms with Crippen LogP contribution in [0.1, 0.15) is 51.4 Å². The smallest absolute Gasteiger partial charge is 0.0743 e. The summed E-state index contributed by atoms with van der Waals surface area (Å²) in [4.78, 5) is 2.74. The van der Waals surface area contributed by atoms with Crippen LogP contribution in [-0.4, -0.2) is 42.8 Å². The van der Waals surface area contributed by atoms with Gasteiger partial charge in [-0.25, -0.2) is 0 Å². The lowest BCUT2D eigenvalue weighted by Gasteiger charge is -2.48. The molecule has 3 fully saturated rings. The van der Waals surface area contributed by atoms with Crippen LogP contribution in [0.4, 0.5) is 0 Å². The van der Waals surface area contributed by atoms with Crippen LogP contribution >= 0.6 is 0 Å². The minimum absolute atomic E-state index is 0.413. The Kier molecular flexibility index (Phi) is 4.22. The van der Waals surface area contributed by atoms with E-state index in [1.807, 2.05) is 0 Å². The number of hydrogen-bond donors (Lipinski definition) is 1. The zero-order valence-electron chi connectivity index (χ0n) is 11.5. The van der Waals surface area contributed by atoms with Gasteiger partial charge in [-0.15, -0.1) is 0 Å². The van der Waals surface area contributed by atoms with Gasteiger partial charge in [-0.3, -0.25) is 4.90 Å². The van der Waals surface area contributed by atoms with Crippen LogP contribution in [-0.2, 0) is 4.74 Å². The second-order valence-electron chi connectivity index (χ2n) is 6.35. The molecule has 3 rings (SSSR count). The zero-order chi connectivity index (χ0) is 12.4. The third kappa shape index (κ3) is 2.45. The zero-order valence-corrected chi connectivity index (χ0v) is 11.5. The lowest BCUT2D eigenvalue weighted by atomic mass is 9.77. The van der Waals surface area contributed by atoms with Crippen molar-refractivity contribution in [2.24, 2.45) is 11.7 Å². The van der Waals surface area contributed by atoms with E-state index in [9.17, 15) is 0 Å². The molecular formula is C15H28N2O. The number of rotatable bonds is 3. The molecule has 0 bridgehead atoms. The molecule has 0 aromatic heterocycles. The quantitative estimate of drug-likeness (QED) is 0.836. The highest BCUT2D eigenvalue weighted by molar-refractivity contribution is 4.94. The molecule has 2 heterocycles. The van der Waals surface area contributed by atoms with Crippen LogP contribution in [0.15, 0.2) is 0 Å². The van der Waals surface area contributed by atoms with Crippen LogP contribution in [0.3, 0.4) is 0 Å². The highest BCUT2D eigenvalue weighted by Crippen LogP contribution is 2.37. The van der Waals surface area contributed by atoms with Crippen LogP contribution in [0.2, 0.25) is 0 Å². The Labute approximate surface area is 111 Å². The van der Waals surface area contributed by atoms with Gasteiger partial charge >= 0.3 is 0 Å². The van der Waals surface area contributed by atoms with Crippen molar-refractivity contribution in [3.8, 4) is 0 Å². The van der Waals surface area contributed by atoms with Crippen LogP contribution < -0.4 is 5.73 Å². The van der Waals surface area contributed by atoms with Crippen molar-refractivity contribution in [3.05, 3.63) is 0 Å². The summed E-state index contributed by atoms with van der Waals surface area (Å²) in [5.41, 5.74) is 6.08. The van der Waals surface area contributed by atoms with Gasteiger partial charge in [0.25, 0.3) is 0 Å². The van der Waals surface area contributed by atoms with Gasteiger partial charge in [0, 0.05) is 25.2 Å². The molecule has 0 spiro atoms. The van der Waals surface area contributed by atoms with Gasteiger partial charge in [0.2, 0.25) is 0 Å². The average molecular weight is 252 g/mol. The van der Waals surface area contributed by atoms with E-state index < -0.39 is 0 Å². The molecule has 3 heteroatoms. The number of hydrogen-bond acceptors (Lipinski definition) is 3. The van der Waals surface area contributed by atoms with Crippen molar-refractivity contribution in [3.63, 3.8) is 0 Å². The summed E-state index contributed by atoms with van der Waals surface area (Å²) in [6.45, 7) is 2.97. The lowest BCUT2D eigenvalue weighted by Crippen LogP contribution is -2.57. The SMILES string of the molecule is NCC(C1CCCO1)N1CCCC2CCCCC21. The molecule has 1 aliphatic carbocycles. The number of likely N-dealkylation sites (tertiary alicyclic amines) is 1. The van der Waals surface area contributed by atoms with Crippen LogP contribution in [0, 0.1) is 5.92 Å². The fraction of sp³-hybridized carbons (Fsp3) is 1.00. The highest BCUT2D eigenvalue weighted by Gasteiger charge is 2.39. The Hall–Kier alpha value is -0.120. The third-order valence-corrected chi connectivity index (χ3v) is 5.35. The topological polar surface area (TPSA) is 38.5 Å². The van der Waals surface area contributed by atoms with Crippen molar-refractivity contribution in [1.82, 2.24) is 4.90 Å². The predicted molar refractivity (Wildman–Crippen MR) is 73.5 cm³/mol. The summed E-state index contributed by atoms with van der Waals surface area (Å²) >= 11 is 0. The second kappa shape index (κ2) is 5.89. The van der Waals surface area contributed by atoms with Gasteiger partial charge in [0.05, 0.1) is 6.10 Å². The molecule has 3 nitrogen and oxygen atoms in total. The summed E-state index contributed by atoms with van der Waals surface area (Å²) in [6.07, 6.45) is 11.4. The molecule has 4 unspecified atom stereocenters. The first kappa shape index (κ1) is 12.9. The molecule has 104 valence electrons. The maximum Gasteiger partial charge on any atom is 0.0743 e. The van der Waals surface area contributed by atoms with Gasteiger partial charge in [-0.2, -0.15) is 0 Å². The van der Waals surface area contributed by atoms with Gasteiger partial charge in [0.15, 0.2) is 0 Å². The summed E-state index contributed by atoms with van der Waals surface area (Å²) < 4.78 is 5.92. The fourth-order valence-electron chi connectivity index (χ4n) is 4.48. The monoisotopic (exact) mass is 252 g/mol. The van der Waals surface area contributed by atoms with Crippen molar-refractivity contribution in [1.29, 1.82) is 0 Å². The second-order valence-corrected chi connectivity index (χ2v) is 6.35. The molecule has 0 amide bonds. The van der Waals surface area contributed by atoms with E-state index in [0.29, 0.717) is 12.1 Å². The Morgan fingerprint density at radius 1 is 1.06 bits per heavy atom. The average Bonchev–Trinajstić information content (AvgIpc) is 2.94. The van der Waals surface area contributed by atoms with Crippen molar-refractivity contribution in [2.45, 2.75) is 69.6 Å². The van der Waals surface area contributed by atoms with E-state index in [1.54, 1.807) is 0 Å². The van der Waals surface area contributed by atoms with Crippen LogP contribution in [0.25, 0.3) is 0 Å². The van der Waals surface area contributed by atoms with E-state index in [0.717, 1.165) is 25.1 Å². The molecule has 2 aliphatic heterocycles.